The first kappa shape index (κ1) is 11.3. The van der Waals surface area contributed by atoms with Gasteiger partial charge in [-0.05, 0) is 48.6 Å². The van der Waals surface area contributed by atoms with Crippen LogP contribution >= 0.6 is 0 Å². The first-order valence-electron chi connectivity index (χ1n) is 6.63. The first-order valence-corrected chi connectivity index (χ1v) is 6.63. The second-order valence-corrected chi connectivity index (χ2v) is 5.24. The molecule has 2 aromatic rings. The number of benzene rings is 2. The Hall–Kier alpha value is -1.76. The standard InChI is InChI=1S/C17H19N/c1-13-10-14(2)16-8-9-18(17(16)11-13)12-15-6-4-3-5-7-15/h3-7,10-11H,8-9,12H2,1-2H3. The predicted molar refractivity (Wildman–Crippen MR) is 77.1 cm³/mol. The van der Waals surface area contributed by atoms with Crippen LogP contribution in [-0.4, -0.2) is 6.54 Å². The van der Waals surface area contributed by atoms with Gasteiger partial charge in [-0.15, -0.1) is 0 Å². The van der Waals surface area contributed by atoms with Crippen molar-refractivity contribution in [3.05, 3.63) is 64.7 Å². The molecule has 0 N–H and O–H groups in total. The normalized spacial score (nSPS) is 13.8. The third-order valence-electron chi connectivity index (χ3n) is 3.78. The van der Waals surface area contributed by atoms with E-state index in [0.717, 1.165) is 13.1 Å². The van der Waals surface area contributed by atoms with E-state index in [0.29, 0.717) is 0 Å². The Kier molecular flexibility index (Phi) is 2.83. The molecule has 92 valence electrons. The highest BCUT2D eigenvalue weighted by atomic mass is 15.1. The van der Waals surface area contributed by atoms with Gasteiger partial charge >= 0.3 is 0 Å². The summed E-state index contributed by atoms with van der Waals surface area (Å²) in [6.07, 6.45) is 1.19. The van der Waals surface area contributed by atoms with Crippen LogP contribution in [0.1, 0.15) is 22.3 Å². The van der Waals surface area contributed by atoms with Gasteiger partial charge in [-0.1, -0.05) is 36.4 Å². The summed E-state index contributed by atoms with van der Waals surface area (Å²) in [5.74, 6) is 0. The first-order chi connectivity index (χ1) is 8.74. The minimum atomic E-state index is 1.02. The molecule has 0 unspecified atom stereocenters. The Morgan fingerprint density at radius 3 is 2.61 bits per heavy atom. The molecule has 18 heavy (non-hydrogen) atoms. The van der Waals surface area contributed by atoms with Gasteiger partial charge in [0.25, 0.3) is 0 Å². The van der Waals surface area contributed by atoms with E-state index in [1.165, 1.54) is 34.4 Å². The fourth-order valence-corrected chi connectivity index (χ4v) is 2.92. The summed E-state index contributed by atoms with van der Waals surface area (Å²) in [5, 5.41) is 0. The fraction of sp³-hybridized carbons (Fsp3) is 0.294. The van der Waals surface area contributed by atoms with Gasteiger partial charge in [-0.2, -0.15) is 0 Å². The summed E-state index contributed by atoms with van der Waals surface area (Å²) in [7, 11) is 0. The molecule has 3 rings (SSSR count). The van der Waals surface area contributed by atoms with Crippen molar-refractivity contribution < 1.29 is 0 Å². The molecular weight excluding hydrogens is 218 g/mol. The van der Waals surface area contributed by atoms with E-state index in [9.17, 15) is 0 Å². The van der Waals surface area contributed by atoms with Gasteiger partial charge in [0.2, 0.25) is 0 Å². The monoisotopic (exact) mass is 237 g/mol. The largest absolute Gasteiger partial charge is 0.367 e. The second kappa shape index (κ2) is 4.49. The molecule has 2 aromatic carbocycles. The molecule has 0 aliphatic carbocycles. The highest BCUT2D eigenvalue weighted by Crippen LogP contribution is 2.32. The maximum Gasteiger partial charge on any atom is 0.0429 e. The zero-order chi connectivity index (χ0) is 12.5. The number of aryl methyl sites for hydroxylation is 2. The number of anilines is 1. The van der Waals surface area contributed by atoms with Gasteiger partial charge in [0.05, 0.1) is 0 Å². The van der Waals surface area contributed by atoms with Crippen molar-refractivity contribution in [1.29, 1.82) is 0 Å². The molecule has 0 amide bonds. The van der Waals surface area contributed by atoms with Crippen LogP contribution in [0.5, 0.6) is 0 Å². The van der Waals surface area contributed by atoms with Gasteiger partial charge in [0, 0.05) is 18.8 Å². The molecule has 0 saturated heterocycles. The van der Waals surface area contributed by atoms with Crippen LogP contribution in [0.4, 0.5) is 5.69 Å². The molecule has 0 aromatic heterocycles. The molecule has 1 aliphatic rings. The summed E-state index contributed by atoms with van der Waals surface area (Å²) in [6.45, 7) is 6.59. The summed E-state index contributed by atoms with van der Waals surface area (Å²) in [6, 6.07) is 15.4. The minimum absolute atomic E-state index is 1.02. The number of fused-ring (bicyclic) bond motifs is 1. The van der Waals surface area contributed by atoms with Crippen LogP contribution in [0.2, 0.25) is 0 Å². The topological polar surface area (TPSA) is 3.24 Å². The summed E-state index contributed by atoms with van der Waals surface area (Å²) < 4.78 is 0. The lowest BCUT2D eigenvalue weighted by molar-refractivity contribution is 0.835. The molecule has 1 heteroatoms. The van der Waals surface area contributed by atoms with Gasteiger partial charge < -0.3 is 4.90 Å². The minimum Gasteiger partial charge on any atom is -0.367 e. The van der Waals surface area contributed by atoms with E-state index in [-0.39, 0.29) is 0 Å². The smallest absolute Gasteiger partial charge is 0.0429 e. The third kappa shape index (κ3) is 2.01. The van der Waals surface area contributed by atoms with Crippen LogP contribution in [0.3, 0.4) is 0 Å². The lowest BCUT2D eigenvalue weighted by atomic mass is 10.0. The number of hydrogen-bond acceptors (Lipinski definition) is 1. The lowest BCUT2D eigenvalue weighted by Crippen LogP contribution is -2.19. The fourth-order valence-electron chi connectivity index (χ4n) is 2.92. The Balaban J connectivity index is 1.91. The quantitative estimate of drug-likeness (QED) is 0.766. The van der Waals surface area contributed by atoms with Crippen molar-refractivity contribution >= 4 is 5.69 Å². The number of hydrogen-bond donors (Lipinski definition) is 0. The lowest BCUT2D eigenvalue weighted by Gasteiger charge is -2.20. The summed E-state index contributed by atoms with van der Waals surface area (Å²) in [4.78, 5) is 2.50. The third-order valence-corrected chi connectivity index (χ3v) is 3.78. The Labute approximate surface area is 109 Å². The highest BCUT2D eigenvalue weighted by molar-refractivity contribution is 5.62. The maximum absolute atomic E-state index is 2.50. The number of nitrogens with zero attached hydrogens (tertiary/aromatic N) is 1. The molecular formula is C17H19N. The Morgan fingerprint density at radius 2 is 1.83 bits per heavy atom. The van der Waals surface area contributed by atoms with Gasteiger partial charge in [-0.25, -0.2) is 0 Å². The van der Waals surface area contributed by atoms with E-state index in [1.54, 1.807) is 0 Å². The molecule has 1 aliphatic heterocycles. The average Bonchev–Trinajstić information content (AvgIpc) is 2.74. The van der Waals surface area contributed by atoms with Crippen molar-refractivity contribution in [2.24, 2.45) is 0 Å². The number of rotatable bonds is 2. The van der Waals surface area contributed by atoms with Crippen molar-refractivity contribution in [2.45, 2.75) is 26.8 Å². The molecule has 1 nitrogen and oxygen atoms in total. The van der Waals surface area contributed by atoms with Crippen LogP contribution in [0, 0.1) is 13.8 Å². The predicted octanol–water partition coefficient (Wildman–Crippen LogP) is 3.87. The average molecular weight is 237 g/mol. The van der Waals surface area contributed by atoms with E-state index >= 15 is 0 Å². The van der Waals surface area contributed by atoms with E-state index < -0.39 is 0 Å². The van der Waals surface area contributed by atoms with Crippen LogP contribution < -0.4 is 4.90 Å². The molecule has 0 atom stereocenters. The van der Waals surface area contributed by atoms with E-state index in [4.69, 9.17) is 0 Å². The van der Waals surface area contributed by atoms with E-state index in [1.807, 2.05) is 0 Å². The molecule has 0 fully saturated rings. The molecule has 0 radical (unpaired) electrons. The Bertz CT molecular complexity index is 557. The Morgan fingerprint density at radius 1 is 1.06 bits per heavy atom. The zero-order valence-corrected chi connectivity index (χ0v) is 11.1. The van der Waals surface area contributed by atoms with Crippen molar-refractivity contribution in [3.8, 4) is 0 Å². The second-order valence-electron chi connectivity index (χ2n) is 5.24. The SMILES string of the molecule is Cc1cc(C)c2c(c1)N(Cc1ccccc1)CC2. The van der Waals surface area contributed by atoms with Gasteiger partial charge in [0.15, 0.2) is 0 Å². The van der Waals surface area contributed by atoms with Gasteiger partial charge in [0.1, 0.15) is 0 Å². The van der Waals surface area contributed by atoms with Gasteiger partial charge in [-0.3, -0.25) is 0 Å². The van der Waals surface area contributed by atoms with Crippen molar-refractivity contribution in [3.63, 3.8) is 0 Å². The van der Waals surface area contributed by atoms with Crippen molar-refractivity contribution in [1.82, 2.24) is 0 Å². The molecule has 0 bridgehead atoms. The molecule has 1 heterocycles. The van der Waals surface area contributed by atoms with Crippen LogP contribution in [0.15, 0.2) is 42.5 Å². The summed E-state index contributed by atoms with van der Waals surface area (Å²) >= 11 is 0. The van der Waals surface area contributed by atoms with E-state index in [2.05, 4.69) is 61.2 Å². The zero-order valence-electron chi connectivity index (χ0n) is 11.1. The molecule has 0 saturated carbocycles. The highest BCUT2D eigenvalue weighted by Gasteiger charge is 2.20. The summed E-state index contributed by atoms with van der Waals surface area (Å²) in [5.41, 5.74) is 7.18. The van der Waals surface area contributed by atoms with Crippen molar-refractivity contribution in [2.75, 3.05) is 11.4 Å². The van der Waals surface area contributed by atoms with Crippen LogP contribution in [-0.2, 0) is 13.0 Å². The molecule has 0 spiro atoms. The maximum atomic E-state index is 2.50. The van der Waals surface area contributed by atoms with Crippen LogP contribution in [0.25, 0.3) is 0 Å².